The number of Topliss-reactive ketones (excluding diaryl/α,β-unsaturated/α-hetero) is 1. The highest BCUT2D eigenvalue weighted by Gasteiger charge is 2.62. The number of fused-ring (bicyclic) bond motifs is 5. The Morgan fingerprint density at radius 1 is 1.12 bits per heavy atom. The van der Waals surface area contributed by atoms with Crippen LogP contribution in [0.5, 0.6) is 0 Å². The largest absolute Gasteiger partial charge is 0.396 e. The van der Waals surface area contributed by atoms with E-state index in [-0.39, 0.29) is 23.5 Å². The molecule has 0 heterocycles. The smallest absolute Gasteiger partial charge is 0.133 e. The van der Waals surface area contributed by atoms with E-state index in [4.69, 9.17) is 0 Å². The third-order valence-corrected chi connectivity index (χ3v) is 9.55. The van der Waals surface area contributed by atoms with E-state index >= 15 is 0 Å². The minimum Gasteiger partial charge on any atom is -0.396 e. The van der Waals surface area contributed by atoms with Gasteiger partial charge in [-0.15, -0.1) is 0 Å². The molecule has 0 saturated heterocycles. The zero-order chi connectivity index (χ0) is 18.0. The van der Waals surface area contributed by atoms with Crippen molar-refractivity contribution in [3.8, 4) is 0 Å². The van der Waals surface area contributed by atoms with E-state index in [1.807, 2.05) is 0 Å². The number of carbonyl (C=O) groups excluding carboxylic acids is 1. The van der Waals surface area contributed by atoms with Gasteiger partial charge in [0.15, 0.2) is 0 Å². The Morgan fingerprint density at radius 3 is 2.56 bits per heavy atom. The Balaban J connectivity index is 1.64. The molecule has 4 saturated carbocycles. The van der Waals surface area contributed by atoms with Crippen molar-refractivity contribution in [2.75, 3.05) is 6.61 Å². The molecule has 0 aromatic rings. The maximum atomic E-state index is 12.0. The summed E-state index contributed by atoms with van der Waals surface area (Å²) in [7, 11) is 0. The number of carbonyl (C=O) groups is 1. The Morgan fingerprint density at radius 2 is 1.84 bits per heavy atom. The molecule has 0 radical (unpaired) electrons. The number of ketones is 1. The molecule has 25 heavy (non-hydrogen) atoms. The SMILES string of the molecule is C[C@H](CO)[C@H]1CCC2C3C(O)C[C@H]4CC(=O)CC[C@]4(C)C3CC[C@@]21C. The molecule has 9 atom stereocenters. The summed E-state index contributed by atoms with van der Waals surface area (Å²) in [5.41, 5.74) is 0.526. The van der Waals surface area contributed by atoms with Crippen LogP contribution in [-0.2, 0) is 4.79 Å². The second-order valence-corrected chi connectivity index (χ2v) is 10.4. The molecule has 4 rings (SSSR count). The third kappa shape index (κ3) is 2.48. The Labute approximate surface area is 152 Å². The molecule has 2 N–H and O–H groups in total. The summed E-state index contributed by atoms with van der Waals surface area (Å²) in [4.78, 5) is 12.0. The standard InChI is InChI=1S/C22H36O3/c1-13(12-23)16-4-5-17-20-18(7-9-22(16,17)3)21(2)8-6-15(24)10-14(21)11-19(20)25/h13-14,16-20,23,25H,4-12H2,1-3H3/t13-,14-,16-,17?,18?,19?,20?,21+,22-/m1/s1. The lowest BCUT2D eigenvalue weighted by atomic mass is 9.44. The van der Waals surface area contributed by atoms with Gasteiger partial charge in [0.1, 0.15) is 5.78 Å². The predicted octanol–water partition coefficient (Wildman–Crippen LogP) is 3.81. The summed E-state index contributed by atoms with van der Waals surface area (Å²) in [6.45, 7) is 7.36. The Hall–Kier alpha value is -0.410. The first-order valence-electron chi connectivity index (χ1n) is 10.6. The topological polar surface area (TPSA) is 57.5 Å². The van der Waals surface area contributed by atoms with Crippen LogP contribution < -0.4 is 0 Å². The van der Waals surface area contributed by atoms with Gasteiger partial charge >= 0.3 is 0 Å². The molecule has 4 aliphatic rings. The molecule has 3 heteroatoms. The van der Waals surface area contributed by atoms with Crippen LogP contribution in [0.2, 0.25) is 0 Å². The summed E-state index contributed by atoms with van der Waals surface area (Å²) < 4.78 is 0. The minimum absolute atomic E-state index is 0.234. The fourth-order valence-electron chi connectivity index (χ4n) is 8.12. The van der Waals surface area contributed by atoms with Crippen LogP contribution in [-0.4, -0.2) is 28.7 Å². The quantitative estimate of drug-likeness (QED) is 0.798. The van der Waals surface area contributed by atoms with Crippen LogP contribution in [0.4, 0.5) is 0 Å². The van der Waals surface area contributed by atoms with E-state index < -0.39 is 0 Å². The summed E-state index contributed by atoms with van der Waals surface area (Å²) >= 11 is 0. The van der Waals surface area contributed by atoms with E-state index in [0.717, 1.165) is 19.3 Å². The molecule has 4 aliphatic carbocycles. The van der Waals surface area contributed by atoms with Gasteiger partial charge in [-0.3, -0.25) is 4.79 Å². The number of aliphatic hydroxyl groups excluding tert-OH is 2. The summed E-state index contributed by atoms with van der Waals surface area (Å²) in [6, 6.07) is 0. The number of aliphatic hydroxyl groups is 2. The second kappa shape index (κ2) is 6.05. The van der Waals surface area contributed by atoms with Crippen molar-refractivity contribution in [2.24, 2.45) is 46.3 Å². The molecular formula is C22H36O3. The Kier molecular flexibility index (Phi) is 4.35. The van der Waals surface area contributed by atoms with Gasteiger partial charge in [-0.05, 0) is 84.9 Å². The van der Waals surface area contributed by atoms with Crippen LogP contribution >= 0.6 is 0 Å². The molecular weight excluding hydrogens is 312 g/mol. The van der Waals surface area contributed by atoms with Crippen LogP contribution in [0.25, 0.3) is 0 Å². The van der Waals surface area contributed by atoms with E-state index in [1.54, 1.807) is 0 Å². The lowest BCUT2D eigenvalue weighted by molar-refractivity contribution is -0.169. The predicted molar refractivity (Wildman–Crippen MR) is 97.9 cm³/mol. The van der Waals surface area contributed by atoms with E-state index in [0.29, 0.717) is 47.7 Å². The van der Waals surface area contributed by atoms with Gasteiger partial charge in [0.05, 0.1) is 6.10 Å². The number of hydrogen-bond donors (Lipinski definition) is 2. The molecule has 4 unspecified atom stereocenters. The molecule has 0 amide bonds. The molecule has 4 fully saturated rings. The summed E-state index contributed by atoms with van der Waals surface area (Å²) in [6.07, 6.45) is 7.92. The zero-order valence-electron chi connectivity index (χ0n) is 16.2. The minimum atomic E-state index is -0.234. The monoisotopic (exact) mass is 348 g/mol. The van der Waals surface area contributed by atoms with Crippen LogP contribution in [0, 0.1) is 46.3 Å². The molecule has 0 spiro atoms. The van der Waals surface area contributed by atoms with E-state index in [9.17, 15) is 15.0 Å². The van der Waals surface area contributed by atoms with Gasteiger partial charge in [-0.25, -0.2) is 0 Å². The van der Waals surface area contributed by atoms with Crippen LogP contribution in [0.3, 0.4) is 0 Å². The van der Waals surface area contributed by atoms with Gasteiger partial charge in [0.25, 0.3) is 0 Å². The molecule has 0 aliphatic heterocycles. The maximum absolute atomic E-state index is 12.0. The summed E-state index contributed by atoms with van der Waals surface area (Å²) in [5, 5.41) is 20.9. The Bertz CT molecular complexity index is 545. The van der Waals surface area contributed by atoms with Crippen LogP contribution in [0.15, 0.2) is 0 Å². The first kappa shape index (κ1) is 18.0. The van der Waals surface area contributed by atoms with Gasteiger partial charge in [0.2, 0.25) is 0 Å². The highest BCUT2D eigenvalue weighted by atomic mass is 16.3. The fourth-order valence-corrected chi connectivity index (χ4v) is 8.12. The summed E-state index contributed by atoms with van der Waals surface area (Å²) in [5.74, 6) is 3.33. The zero-order valence-corrected chi connectivity index (χ0v) is 16.2. The highest BCUT2D eigenvalue weighted by molar-refractivity contribution is 5.79. The van der Waals surface area contributed by atoms with Crippen molar-refractivity contribution in [3.63, 3.8) is 0 Å². The normalized spacial score (nSPS) is 53.7. The van der Waals surface area contributed by atoms with E-state index in [2.05, 4.69) is 20.8 Å². The van der Waals surface area contributed by atoms with Crippen molar-refractivity contribution in [1.29, 1.82) is 0 Å². The lowest BCUT2D eigenvalue weighted by Crippen LogP contribution is -2.58. The van der Waals surface area contributed by atoms with Crippen LogP contribution in [0.1, 0.15) is 72.1 Å². The maximum Gasteiger partial charge on any atom is 0.133 e. The first-order valence-corrected chi connectivity index (χ1v) is 10.6. The molecule has 3 nitrogen and oxygen atoms in total. The van der Waals surface area contributed by atoms with Crippen molar-refractivity contribution >= 4 is 5.78 Å². The molecule has 0 aromatic carbocycles. The molecule has 0 aromatic heterocycles. The van der Waals surface area contributed by atoms with Gasteiger partial charge in [0, 0.05) is 19.4 Å². The third-order valence-electron chi connectivity index (χ3n) is 9.55. The van der Waals surface area contributed by atoms with Crippen molar-refractivity contribution < 1.29 is 15.0 Å². The van der Waals surface area contributed by atoms with Crippen molar-refractivity contribution in [2.45, 2.75) is 78.2 Å². The molecule has 142 valence electrons. The van der Waals surface area contributed by atoms with E-state index in [1.165, 1.54) is 25.7 Å². The highest BCUT2D eigenvalue weighted by Crippen LogP contribution is 2.67. The fraction of sp³-hybridized carbons (Fsp3) is 0.955. The van der Waals surface area contributed by atoms with Gasteiger partial charge < -0.3 is 10.2 Å². The number of hydrogen-bond acceptors (Lipinski definition) is 3. The second-order valence-electron chi connectivity index (χ2n) is 10.4. The number of rotatable bonds is 2. The average Bonchev–Trinajstić information content (AvgIpc) is 2.93. The van der Waals surface area contributed by atoms with Gasteiger partial charge in [-0.2, -0.15) is 0 Å². The first-order chi connectivity index (χ1) is 11.8. The average molecular weight is 349 g/mol. The van der Waals surface area contributed by atoms with Gasteiger partial charge in [-0.1, -0.05) is 20.8 Å². The van der Waals surface area contributed by atoms with Crippen molar-refractivity contribution in [3.05, 3.63) is 0 Å². The molecule has 0 bridgehead atoms. The lowest BCUT2D eigenvalue weighted by Gasteiger charge is -2.61. The van der Waals surface area contributed by atoms with Crippen molar-refractivity contribution in [1.82, 2.24) is 0 Å².